The molecule has 5 nitrogen and oxygen atoms in total. The summed E-state index contributed by atoms with van der Waals surface area (Å²) in [6.45, 7) is 4.54. The van der Waals surface area contributed by atoms with Crippen molar-refractivity contribution in [1.82, 2.24) is 10.1 Å². The smallest absolute Gasteiger partial charge is 0.258 e. The molecule has 0 aliphatic carbocycles. The molecule has 2 rings (SSSR count). The van der Waals surface area contributed by atoms with E-state index in [0.29, 0.717) is 23.9 Å². The topological polar surface area (TPSA) is 68.4 Å². The van der Waals surface area contributed by atoms with E-state index in [1.54, 1.807) is 24.3 Å². The van der Waals surface area contributed by atoms with E-state index >= 15 is 0 Å². The molecule has 1 aromatic carbocycles. The number of aromatic hydroxyl groups is 1. The van der Waals surface area contributed by atoms with Gasteiger partial charge in [-0.2, -0.15) is 4.98 Å². The first-order valence-electron chi connectivity index (χ1n) is 5.99. The average Bonchev–Trinajstić information content (AvgIpc) is 2.85. The van der Waals surface area contributed by atoms with Crippen LogP contribution in [-0.2, 0) is 4.74 Å². The van der Waals surface area contributed by atoms with Crippen LogP contribution in [0.5, 0.6) is 5.75 Å². The predicted molar refractivity (Wildman–Crippen MR) is 66.1 cm³/mol. The Balaban J connectivity index is 2.24. The van der Waals surface area contributed by atoms with Gasteiger partial charge >= 0.3 is 0 Å². The van der Waals surface area contributed by atoms with Crippen molar-refractivity contribution >= 4 is 0 Å². The van der Waals surface area contributed by atoms with Crippen molar-refractivity contribution in [2.24, 2.45) is 0 Å². The molecule has 0 amide bonds. The summed E-state index contributed by atoms with van der Waals surface area (Å²) in [5.74, 6) is 1.10. The van der Waals surface area contributed by atoms with Gasteiger partial charge in [-0.25, -0.2) is 0 Å². The van der Waals surface area contributed by atoms with Gasteiger partial charge in [-0.05, 0) is 31.5 Å². The Morgan fingerprint density at radius 2 is 2.22 bits per heavy atom. The summed E-state index contributed by atoms with van der Waals surface area (Å²) in [6.07, 6.45) is 0.636. The molecule has 18 heavy (non-hydrogen) atoms. The van der Waals surface area contributed by atoms with Crippen molar-refractivity contribution < 1.29 is 14.4 Å². The predicted octanol–water partition coefficient (Wildman–Crippen LogP) is 2.93. The third kappa shape index (κ3) is 2.68. The molecule has 1 atom stereocenters. The second-order valence-electron chi connectivity index (χ2n) is 3.86. The number of aromatic nitrogens is 2. The minimum Gasteiger partial charge on any atom is -0.508 e. The van der Waals surface area contributed by atoms with Crippen molar-refractivity contribution in [2.45, 2.75) is 26.4 Å². The Labute approximate surface area is 105 Å². The highest BCUT2D eigenvalue weighted by molar-refractivity contribution is 5.55. The molecule has 1 N–H and O–H groups in total. The zero-order chi connectivity index (χ0) is 13.0. The van der Waals surface area contributed by atoms with Gasteiger partial charge in [0.05, 0.1) is 0 Å². The number of hydrogen-bond donors (Lipinski definition) is 1. The third-order valence-electron chi connectivity index (χ3n) is 2.56. The van der Waals surface area contributed by atoms with Gasteiger partial charge in [0.25, 0.3) is 5.89 Å². The van der Waals surface area contributed by atoms with Gasteiger partial charge in [-0.1, -0.05) is 18.1 Å². The molecule has 5 heteroatoms. The Hall–Kier alpha value is -1.88. The molecule has 96 valence electrons. The summed E-state index contributed by atoms with van der Waals surface area (Å²) in [6, 6.07) is 6.71. The van der Waals surface area contributed by atoms with Gasteiger partial charge in [0.15, 0.2) is 0 Å². The first-order valence-corrected chi connectivity index (χ1v) is 5.99. The fourth-order valence-electron chi connectivity index (χ4n) is 1.70. The van der Waals surface area contributed by atoms with E-state index in [4.69, 9.17) is 9.26 Å². The summed E-state index contributed by atoms with van der Waals surface area (Å²) >= 11 is 0. The van der Waals surface area contributed by atoms with E-state index in [2.05, 4.69) is 10.1 Å². The van der Waals surface area contributed by atoms with E-state index in [0.717, 1.165) is 6.42 Å². The summed E-state index contributed by atoms with van der Waals surface area (Å²) in [7, 11) is 0. The SMILES string of the molecule is CCOC(CC)c1noc(-c2cccc(O)c2)n1. The fraction of sp³-hybridized carbons (Fsp3) is 0.385. The lowest BCUT2D eigenvalue weighted by atomic mass is 10.2. The Morgan fingerprint density at radius 3 is 2.89 bits per heavy atom. The molecular weight excluding hydrogens is 232 g/mol. The second-order valence-corrected chi connectivity index (χ2v) is 3.86. The first-order chi connectivity index (χ1) is 8.74. The summed E-state index contributed by atoms with van der Waals surface area (Å²) in [4.78, 5) is 4.30. The van der Waals surface area contributed by atoms with Crippen LogP contribution < -0.4 is 0 Å². The average molecular weight is 248 g/mol. The minimum absolute atomic E-state index is 0.148. The first kappa shape index (κ1) is 12.6. The standard InChI is InChI=1S/C13H16N2O3/c1-3-11(17-4-2)12-14-13(18-15-12)9-6-5-7-10(16)8-9/h5-8,11,16H,3-4H2,1-2H3. The Bertz CT molecular complexity index is 510. The fourth-order valence-corrected chi connectivity index (χ4v) is 1.70. The third-order valence-corrected chi connectivity index (χ3v) is 2.56. The molecule has 0 aliphatic heterocycles. The highest BCUT2D eigenvalue weighted by Crippen LogP contribution is 2.24. The highest BCUT2D eigenvalue weighted by Gasteiger charge is 2.17. The van der Waals surface area contributed by atoms with E-state index < -0.39 is 0 Å². The van der Waals surface area contributed by atoms with Crippen LogP contribution in [0.25, 0.3) is 11.5 Å². The monoisotopic (exact) mass is 248 g/mol. The maximum absolute atomic E-state index is 9.41. The number of rotatable bonds is 5. The maximum Gasteiger partial charge on any atom is 0.258 e. The normalized spacial score (nSPS) is 12.6. The summed E-state index contributed by atoms with van der Waals surface area (Å²) < 4.78 is 10.7. The highest BCUT2D eigenvalue weighted by atomic mass is 16.5. The van der Waals surface area contributed by atoms with Crippen LogP contribution in [0.15, 0.2) is 28.8 Å². The molecule has 0 saturated heterocycles. The van der Waals surface area contributed by atoms with Crippen LogP contribution in [0.2, 0.25) is 0 Å². The molecule has 2 aromatic rings. The molecule has 0 fully saturated rings. The molecule has 1 heterocycles. The van der Waals surface area contributed by atoms with Gasteiger partial charge < -0.3 is 14.4 Å². The summed E-state index contributed by atoms with van der Waals surface area (Å²) in [5, 5.41) is 13.3. The molecule has 1 unspecified atom stereocenters. The molecule has 0 radical (unpaired) electrons. The number of hydrogen-bond acceptors (Lipinski definition) is 5. The number of ether oxygens (including phenoxy) is 1. The van der Waals surface area contributed by atoms with Gasteiger partial charge in [0, 0.05) is 12.2 Å². The van der Waals surface area contributed by atoms with Crippen molar-refractivity contribution in [3.8, 4) is 17.2 Å². The molecule has 0 bridgehead atoms. The van der Waals surface area contributed by atoms with Crippen LogP contribution in [0.3, 0.4) is 0 Å². The van der Waals surface area contributed by atoms with Crippen molar-refractivity contribution in [1.29, 1.82) is 0 Å². The minimum atomic E-state index is -0.148. The lowest BCUT2D eigenvalue weighted by Gasteiger charge is -2.09. The maximum atomic E-state index is 9.41. The lowest BCUT2D eigenvalue weighted by Crippen LogP contribution is -2.04. The second kappa shape index (κ2) is 5.64. The molecule has 0 aliphatic rings. The van der Waals surface area contributed by atoms with E-state index in [1.807, 2.05) is 13.8 Å². The van der Waals surface area contributed by atoms with Crippen molar-refractivity contribution in [3.05, 3.63) is 30.1 Å². The Morgan fingerprint density at radius 1 is 1.39 bits per heavy atom. The Kier molecular flexibility index (Phi) is 3.94. The lowest BCUT2D eigenvalue weighted by molar-refractivity contribution is 0.0518. The van der Waals surface area contributed by atoms with Gasteiger partial charge in [0.1, 0.15) is 11.9 Å². The molecular formula is C13H16N2O3. The summed E-state index contributed by atoms with van der Waals surface area (Å²) in [5.41, 5.74) is 0.695. The molecule has 0 saturated carbocycles. The number of nitrogens with zero attached hydrogens (tertiary/aromatic N) is 2. The molecule has 0 spiro atoms. The van der Waals surface area contributed by atoms with Crippen LogP contribution >= 0.6 is 0 Å². The number of benzene rings is 1. The van der Waals surface area contributed by atoms with E-state index in [-0.39, 0.29) is 11.9 Å². The van der Waals surface area contributed by atoms with Crippen LogP contribution in [0.4, 0.5) is 0 Å². The van der Waals surface area contributed by atoms with Gasteiger partial charge in [0.2, 0.25) is 5.82 Å². The van der Waals surface area contributed by atoms with Crippen molar-refractivity contribution in [2.75, 3.05) is 6.61 Å². The zero-order valence-electron chi connectivity index (χ0n) is 10.5. The van der Waals surface area contributed by atoms with Gasteiger partial charge in [-0.3, -0.25) is 0 Å². The zero-order valence-corrected chi connectivity index (χ0v) is 10.5. The number of phenolic OH excluding ortho intramolecular Hbond substituents is 1. The van der Waals surface area contributed by atoms with E-state index in [9.17, 15) is 5.11 Å². The molecule has 1 aromatic heterocycles. The van der Waals surface area contributed by atoms with Gasteiger partial charge in [-0.15, -0.1) is 0 Å². The number of phenols is 1. The largest absolute Gasteiger partial charge is 0.508 e. The van der Waals surface area contributed by atoms with E-state index in [1.165, 1.54) is 0 Å². The quantitative estimate of drug-likeness (QED) is 0.881. The van der Waals surface area contributed by atoms with Crippen molar-refractivity contribution in [3.63, 3.8) is 0 Å². The van der Waals surface area contributed by atoms with Crippen LogP contribution in [-0.4, -0.2) is 21.9 Å². The van der Waals surface area contributed by atoms with Crippen LogP contribution in [0, 0.1) is 0 Å². The van der Waals surface area contributed by atoms with Crippen LogP contribution in [0.1, 0.15) is 32.2 Å².